The first-order valence-corrected chi connectivity index (χ1v) is 10.5. The van der Waals surface area contributed by atoms with Crippen molar-refractivity contribution in [1.29, 1.82) is 0 Å². The van der Waals surface area contributed by atoms with Crippen LogP contribution in [0, 0.1) is 0 Å². The van der Waals surface area contributed by atoms with Crippen LogP contribution >= 0.6 is 0 Å². The van der Waals surface area contributed by atoms with Crippen LogP contribution < -0.4 is 4.90 Å². The zero-order valence-electron chi connectivity index (χ0n) is 13.1. The summed E-state index contributed by atoms with van der Waals surface area (Å²) < 4.78 is 47.4. The molecule has 0 aliphatic rings. The lowest BCUT2D eigenvalue weighted by molar-refractivity contribution is 0.600. The van der Waals surface area contributed by atoms with Crippen LogP contribution in [0.2, 0.25) is 0 Å². The Morgan fingerprint density at radius 3 is 2.26 bits per heavy atom. The highest BCUT2D eigenvalue weighted by Crippen LogP contribution is 2.28. The molecule has 0 atom stereocenters. The summed E-state index contributed by atoms with van der Waals surface area (Å²) in [5.74, 6) is 0. The Morgan fingerprint density at radius 1 is 1.04 bits per heavy atom. The number of nitrogens with zero attached hydrogens (tertiary/aromatic N) is 2. The number of benzene rings is 1. The molecule has 1 aromatic heterocycles. The van der Waals surface area contributed by atoms with Gasteiger partial charge in [0.2, 0.25) is 0 Å². The van der Waals surface area contributed by atoms with Crippen LogP contribution in [-0.2, 0) is 26.2 Å². The van der Waals surface area contributed by atoms with Crippen molar-refractivity contribution in [2.75, 3.05) is 24.5 Å². The van der Waals surface area contributed by atoms with E-state index in [1.807, 2.05) is 6.07 Å². The predicted octanol–water partition coefficient (Wildman–Crippen LogP) is 1.53. The van der Waals surface area contributed by atoms with Gasteiger partial charge in [-0.1, -0.05) is 6.07 Å². The van der Waals surface area contributed by atoms with E-state index in [9.17, 15) is 16.8 Å². The normalized spacial score (nSPS) is 12.1. The van der Waals surface area contributed by atoms with E-state index in [1.165, 1.54) is 18.2 Å². The third-order valence-corrected chi connectivity index (χ3v) is 5.55. The van der Waals surface area contributed by atoms with Gasteiger partial charge >= 0.3 is 0 Å². The number of rotatable bonds is 5. The molecule has 0 amide bonds. The minimum atomic E-state index is -3.58. The number of anilines is 1. The molecule has 0 unspecified atom stereocenters. The molecule has 23 heavy (non-hydrogen) atoms. The van der Waals surface area contributed by atoms with Gasteiger partial charge in [0.1, 0.15) is 0 Å². The number of hydrogen-bond acceptors (Lipinski definition) is 6. The molecular formula is C15H18N2O4S2. The molecule has 0 saturated heterocycles. The van der Waals surface area contributed by atoms with Crippen LogP contribution in [0.4, 0.5) is 5.69 Å². The summed E-state index contributed by atoms with van der Waals surface area (Å²) in [5, 5.41) is 0. The lowest BCUT2D eigenvalue weighted by Crippen LogP contribution is -2.19. The van der Waals surface area contributed by atoms with E-state index in [0.29, 0.717) is 12.2 Å². The van der Waals surface area contributed by atoms with Crippen LogP contribution in [0.5, 0.6) is 0 Å². The van der Waals surface area contributed by atoms with E-state index in [-0.39, 0.29) is 9.79 Å². The Labute approximate surface area is 136 Å². The average Bonchev–Trinajstić information content (AvgIpc) is 2.46. The minimum absolute atomic E-state index is 0.00758. The van der Waals surface area contributed by atoms with Gasteiger partial charge in [0.05, 0.1) is 15.5 Å². The minimum Gasteiger partial charge on any atom is -0.369 e. The van der Waals surface area contributed by atoms with E-state index in [1.54, 1.807) is 30.4 Å². The van der Waals surface area contributed by atoms with Crippen LogP contribution in [0.15, 0.2) is 52.5 Å². The van der Waals surface area contributed by atoms with Crippen molar-refractivity contribution in [3.63, 3.8) is 0 Å². The molecule has 0 fully saturated rings. The fraction of sp³-hybridized carbons (Fsp3) is 0.267. The molecule has 8 heteroatoms. The zero-order chi connectivity index (χ0) is 17.3. The highest BCUT2D eigenvalue weighted by molar-refractivity contribution is 7.91. The van der Waals surface area contributed by atoms with Crippen LogP contribution in [-0.4, -0.2) is 41.4 Å². The van der Waals surface area contributed by atoms with E-state index in [2.05, 4.69) is 4.98 Å². The summed E-state index contributed by atoms with van der Waals surface area (Å²) in [4.78, 5) is 5.75. The molecule has 2 aromatic rings. The molecular weight excluding hydrogens is 336 g/mol. The second kappa shape index (κ2) is 6.29. The van der Waals surface area contributed by atoms with Crippen molar-refractivity contribution < 1.29 is 16.8 Å². The summed E-state index contributed by atoms with van der Waals surface area (Å²) in [6.07, 6.45) is 5.47. The topological polar surface area (TPSA) is 84.4 Å². The second-order valence-electron chi connectivity index (χ2n) is 5.39. The maximum Gasteiger partial charge on any atom is 0.177 e. The fourth-order valence-corrected chi connectivity index (χ4v) is 3.85. The molecule has 2 rings (SSSR count). The molecule has 0 N–H and O–H groups in total. The molecule has 6 nitrogen and oxygen atoms in total. The predicted molar refractivity (Wildman–Crippen MR) is 89.0 cm³/mol. The van der Waals surface area contributed by atoms with Gasteiger partial charge in [-0.15, -0.1) is 0 Å². The number of aromatic nitrogens is 1. The summed E-state index contributed by atoms with van der Waals surface area (Å²) in [5.41, 5.74) is 1.37. The molecule has 0 aliphatic heterocycles. The lowest BCUT2D eigenvalue weighted by Gasteiger charge is -2.22. The first kappa shape index (κ1) is 17.4. The van der Waals surface area contributed by atoms with Crippen molar-refractivity contribution >= 4 is 25.4 Å². The summed E-state index contributed by atoms with van der Waals surface area (Å²) >= 11 is 0. The quantitative estimate of drug-likeness (QED) is 0.809. The molecule has 0 radical (unpaired) electrons. The lowest BCUT2D eigenvalue weighted by atomic mass is 10.2. The Hall–Kier alpha value is -1.93. The van der Waals surface area contributed by atoms with Gasteiger partial charge in [-0.25, -0.2) is 16.8 Å². The number of pyridine rings is 1. The summed E-state index contributed by atoms with van der Waals surface area (Å²) in [6, 6.07) is 7.82. The summed E-state index contributed by atoms with van der Waals surface area (Å²) in [6.45, 7) is 0.453. The molecule has 124 valence electrons. The second-order valence-corrected chi connectivity index (χ2v) is 9.39. The van der Waals surface area contributed by atoms with Gasteiger partial charge < -0.3 is 4.90 Å². The van der Waals surface area contributed by atoms with Gasteiger partial charge in [-0.2, -0.15) is 0 Å². The SMILES string of the molecule is CN(Cc1cccnc1)c1ccc(S(C)(=O)=O)cc1S(C)(=O)=O. The van der Waals surface area contributed by atoms with Gasteiger partial charge in [0.15, 0.2) is 19.7 Å². The maximum atomic E-state index is 12.1. The highest BCUT2D eigenvalue weighted by Gasteiger charge is 2.20. The average molecular weight is 354 g/mol. The van der Waals surface area contributed by atoms with Gasteiger partial charge in [0.25, 0.3) is 0 Å². The molecule has 0 saturated carbocycles. The zero-order valence-corrected chi connectivity index (χ0v) is 14.7. The van der Waals surface area contributed by atoms with Crippen molar-refractivity contribution in [3.8, 4) is 0 Å². The molecule has 0 spiro atoms. The molecule has 0 bridgehead atoms. The molecule has 1 aromatic carbocycles. The Bertz CT molecular complexity index is 908. The van der Waals surface area contributed by atoms with Gasteiger partial charge in [-0.05, 0) is 29.8 Å². The van der Waals surface area contributed by atoms with Crippen molar-refractivity contribution in [1.82, 2.24) is 4.98 Å². The number of hydrogen-bond donors (Lipinski definition) is 0. The standard InChI is InChI=1S/C15H18N2O4S2/c1-17(11-12-5-4-8-16-10-12)14-7-6-13(22(2,18)19)9-15(14)23(3,20)21/h4-10H,11H2,1-3H3. The van der Waals surface area contributed by atoms with Gasteiger partial charge in [-0.3, -0.25) is 4.98 Å². The van der Waals surface area contributed by atoms with Crippen LogP contribution in [0.1, 0.15) is 5.56 Å². The first-order chi connectivity index (χ1) is 10.6. The molecule has 1 heterocycles. The largest absolute Gasteiger partial charge is 0.369 e. The van der Waals surface area contributed by atoms with Crippen LogP contribution in [0.25, 0.3) is 0 Å². The highest BCUT2D eigenvalue weighted by atomic mass is 32.2. The fourth-order valence-electron chi connectivity index (χ4n) is 2.19. The third kappa shape index (κ3) is 4.29. The first-order valence-electron chi connectivity index (χ1n) is 6.73. The van der Waals surface area contributed by atoms with E-state index >= 15 is 0 Å². The monoisotopic (exact) mass is 354 g/mol. The third-order valence-electron chi connectivity index (χ3n) is 3.31. The summed E-state index contributed by atoms with van der Waals surface area (Å²) in [7, 11) is -5.31. The van der Waals surface area contributed by atoms with Crippen molar-refractivity contribution in [3.05, 3.63) is 48.3 Å². The Morgan fingerprint density at radius 2 is 1.74 bits per heavy atom. The number of sulfone groups is 2. The Balaban J connectivity index is 2.49. The maximum absolute atomic E-state index is 12.1. The van der Waals surface area contributed by atoms with Crippen molar-refractivity contribution in [2.45, 2.75) is 16.3 Å². The van der Waals surface area contributed by atoms with Gasteiger partial charge in [0, 0.05) is 38.5 Å². The van der Waals surface area contributed by atoms with E-state index in [0.717, 1.165) is 18.1 Å². The van der Waals surface area contributed by atoms with E-state index in [4.69, 9.17) is 0 Å². The van der Waals surface area contributed by atoms with Crippen molar-refractivity contribution in [2.24, 2.45) is 0 Å². The van der Waals surface area contributed by atoms with Crippen LogP contribution in [0.3, 0.4) is 0 Å². The van der Waals surface area contributed by atoms with E-state index < -0.39 is 19.7 Å². The molecule has 0 aliphatic carbocycles. The smallest absolute Gasteiger partial charge is 0.177 e. The Kier molecular flexibility index (Phi) is 4.76.